The Balaban J connectivity index is 1.42. The molecule has 0 aromatic carbocycles. The summed E-state index contributed by atoms with van der Waals surface area (Å²) in [6.07, 6.45) is 4.04. The van der Waals surface area contributed by atoms with Crippen LogP contribution in [0.3, 0.4) is 0 Å². The van der Waals surface area contributed by atoms with E-state index in [0.717, 1.165) is 49.2 Å². The number of fused-ring (bicyclic) bond motifs is 1. The molecule has 0 saturated carbocycles. The van der Waals surface area contributed by atoms with Gasteiger partial charge in [0.25, 0.3) is 0 Å². The van der Waals surface area contributed by atoms with Crippen LogP contribution in [-0.4, -0.2) is 45.4 Å². The van der Waals surface area contributed by atoms with Crippen LogP contribution in [0.15, 0.2) is 36.0 Å². The summed E-state index contributed by atoms with van der Waals surface area (Å²) < 4.78 is 2.17. The lowest BCUT2D eigenvalue weighted by molar-refractivity contribution is 0.247. The highest BCUT2D eigenvalue weighted by atomic mass is 32.1. The molecular formula is C16H19N5S. The molecule has 6 heteroatoms. The maximum Gasteiger partial charge on any atom is 0.185 e. The SMILES string of the molecule is Cc1cccc2nc(CN3CCN(c4nccs4)CC3)cn12. The molecule has 1 aliphatic heterocycles. The molecule has 0 unspecified atom stereocenters. The van der Waals surface area contributed by atoms with E-state index < -0.39 is 0 Å². The number of piperazine rings is 1. The van der Waals surface area contributed by atoms with Crippen LogP contribution in [0.2, 0.25) is 0 Å². The number of hydrogen-bond acceptors (Lipinski definition) is 5. The molecule has 1 fully saturated rings. The number of anilines is 1. The summed E-state index contributed by atoms with van der Waals surface area (Å²) in [4.78, 5) is 14.0. The van der Waals surface area contributed by atoms with Crippen molar-refractivity contribution in [2.24, 2.45) is 0 Å². The van der Waals surface area contributed by atoms with Crippen molar-refractivity contribution in [2.45, 2.75) is 13.5 Å². The van der Waals surface area contributed by atoms with Crippen molar-refractivity contribution in [1.82, 2.24) is 19.3 Å². The third kappa shape index (κ3) is 2.60. The third-order valence-corrected chi connectivity index (χ3v) is 5.03. The predicted octanol–water partition coefficient (Wildman–Crippen LogP) is 2.42. The predicted molar refractivity (Wildman–Crippen MR) is 89.5 cm³/mol. The minimum Gasteiger partial charge on any atom is -0.346 e. The van der Waals surface area contributed by atoms with Crippen LogP contribution in [0.25, 0.3) is 5.65 Å². The van der Waals surface area contributed by atoms with Crippen LogP contribution in [-0.2, 0) is 6.54 Å². The third-order valence-electron chi connectivity index (χ3n) is 4.19. The zero-order valence-electron chi connectivity index (χ0n) is 12.6. The lowest BCUT2D eigenvalue weighted by Gasteiger charge is -2.34. The lowest BCUT2D eigenvalue weighted by Crippen LogP contribution is -2.46. The fourth-order valence-electron chi connectivity index (χ4n) is 2.97. The summed E-state index contributed by atoms with van der Waals surface area (Å²) in [5, 5.41) is 3.18. The molecule has 4 rings (SSSR count). The summed E-state index contributed by atoms with van der Waals surface area (Å²) in [5.41, 5.74) is 3.42. The maximum atomic E-state index is 4.73. The Morgan fingerprint density at radius 2 is 2.05 bits per heavy atom. The summed E-state index contributed by atoms with van der Waals surface area (Å²) in [7, 11) is 0. The average Bonchev–Trinajstić information content (AvgIpc) is 3.18. The maximum absolute atomic E-state index is 4.73. The molecular weight excluding hydrogens is 294 g/mol. The van der Waals surface area contributed by atoms with E-state index in [2.05, 4.69) is 50.5 Å². The van der Waals surface area contributed by atoms with Gasteiger partial charge in [-0.2, -0.15) is 0 Å². The topological polar surface area (TPSA) is 36.7 Å². The first-order valence-corrected chi connectivity index (χ1v) is 8.48. The number of imidazole rings is 1. The Labute approximate surface area is 133 Å². The Morgan fingerprint density at radius 3 is 2.77 bits per heavy atom. The largest absolute Gasteiger partial charge is 0.346 e. The number of thiazole rings is 1. The molecule has 0 bridgehead atoms. The molecule has 0 atom stereocenters. The first-order valence-electron chi connectivity index (χ1n) is 7.60. The van der Waals surface area contributed by atoms with Crippen molar-refractivity contribution < 1.29 is 0 Å². The van der Waals surface area contributed by atoms with Crippen molar-refractivity contribution in [3.63, 3.8) is 0 Å². The van der Waals surface area contributed by atoms with Crippen molar-refractivity contribution >= 4 is 22.1 Å². The van der Waals surface area contributed by atoms with Gasteiger partial charge in [-0.3, -0.25) is 4.90 Å². The summed E-state index contributed by atoms with van der Waals surface area (Å²) in [6, 6.07) is 6.25. The minimum atomic E-state index is 0.923. The number of hydrogen-bond donors (Lipinski definition) is 0. The van der Waals surface area contributed by atoms with Gasteiger partial charge in [0.1, 0.15) is 5.65 Å². The van der Waals surface area contributed by atoms with Gasteiger partial charge in [0.15, 0.2) is 5.13 Å². The smallest absolute Gasteiger partial charge is 0.185 e. The van der Waals surface area contributed by atoms with Gasteiger partial charge < -0.3 is 9.30 Å². The Bertz CT molecular complexity index is 756. The number of pyridine rings is 1. The van der Waals surface area contributed by atoms with Crippen LogP contribution < -0.4 is 4.90 Å². The minimum absolute atomic E-state index is 0.923. The zero-order chi connectivity index (χ0) is 14.9. The quantitative estimate of drug-likeness (QED) is 0.744. The van der Waals surface area contributed by atoms with E-state index in [-0.39, 0.29) is 0 Å². The van der Waals surface area contributed by atoms with Gasteiger partial charge in [-0.05, 0) is 19.1 Å². The Kier molecular flexibility index (Phi) is 3.56. The second-order valence-electron chi connectivity index (χ2n) is 5.71. The molecule has 3 aromatic rings. The second-order valence-corrected chi connectivity index (χ2v) is 6.58. The summed E-state index contributed by atoms with van der Waals surface area (Å²) in [5.74, 6) is 0. The average molecular weight is 313 g/mol. The second kappa shape index (κ2) is 5.70. The highest BCUT2D eigenvalue weighted by Crippen LogP contribution is 2.19. The van der Waals surface area contributed by atoms with Gasteiger partial charge in [0.05, 0.1) is 5.69 Å². The molecule has 0 aliphatic carbocycles. The normalized spacial score (nSPS) is 16.5. The van der Waals surface area contributed by atoms with E-state index in [0.29, 0.717) is 0 Å². The van der Waals surface area contributed by atoms with Gasteiger partial charge in [-0.15, -0.1) is 11.3 Å². The van der Waals surface area contributed by atoms with Gasteiger partial charge in [0, 0.05) is 56.2 Å². The molecule has 4 heterocycles. The monoisotopic (exact) mass is 313 g/mol. The van der Waals surface area contributed by atoms with E-state index in [1.54, 1.807) is 11.3 Å². The van der Waals surface area contributed by atoms with Crippen LogP contribution in [0.5, 0.6) is 0 Å². The fraction of sp³-hybridized carbons (Fsp3) is 0.375. The summed E-state index contributed by atoms with van der Waals surface area (Å²) >= 11 is 1.72. The summed E-state index contributed by atoms with van der Waals surface area (Å²) in [6.45, 7) is 7.25. The van der Waals surface area contributed by atoms with E-state index in [1.807, 2.05) is 11.6 Å². The fourth-order valence-corrected chi connectivity index (χ4v) is 3.67. The molecule has 3 aromatic heterocycles. The van der Waals surface area contributed by atoms with Crippen LogP contribution >= 0.6 is 11.3 Å². The number of rotatable bonds is 3. The standard InChI is InChI=1S/C16H19N5S/c1-13-3-2-4-15-18-14(12-21(13)15)11-19-6-8-20(9-7-19)16-17-5-10-22-16/h2-5,10,12H,6-9,11H2,1H3. The first-order chi connectivity index (χ1) is 10.8. The molecule has 0 amide bonds. The molecule has 1 aliphatic rings. The van der Waals surface area contributed by atoms with E-state index in [1.165, 1.54) is 5.69 Å². The van der Waals surface area contributed by atoms with Crippen molar-refractivity contribution in [2.75, 3.05) is 31.1 Å². The first kappa shape index (κ1) is 13.7. The van der Waals surface area contributed by atoms with Crippen LogP contribution in [0.1, 0.15) is 11.4 Å². The molecule has 22 heavy (non-hydrogen) atoms. The van der Waals surface area contributed by atoms with Gasteiger partial charge in [-0.1, -0.05) is 6.07 Å². The number of nitrogens with zero attached hydrogens (tertiary/aromatic N) is 5. The number of aromatic nitrogens is 3. The Hall–Kier alpha value is -1.92. The highest BCUT2D eigenvalue weighted by molar-refractivity contribution is 7.13. The molecule has 0 spiro atoms. The number of aryl methyl sites for hydroxylation is 1. The van der Waals surface area contributed by atoms with Crippen LogP contribution in [0, 0.1) is 6.92 Å². The van der Waals surface area contributed by atoms with Crippen LogP contribution in [0.4, 0.5) is 5.13 Å². The van der Waals surface area contributed by atoms with Crippen molar-refractivity contribution in [3.8, 4) is 0 Å². The molecule has 1 saturated heterocycles. The zero-order valence-corrected chi connectivity index (χ0v) is 13.5. The van der Waals surface area contributed by atoms with E-state index in [9.17, 15) is 0 Å². The van der Waals surface area contributed by atoms with E-state index in [4.69, 9.17) is 4.98 Å². The Morgan fingerprint density at radius 1 is 1.18 bits per heavy atom. The van der Waals surface area contributed by atoms with E-state index >= 15 is 0 Å². The van der Waals surface area contributed by atoms with Crippen molar-refractivity contribution in [1.29, 1.82) is 0 Å². The molecule has 114 valence electrons. The highest BCUT2D eigenvalue weighted by Gasteiger charge is 2.19. The van der Waals surface area contributed by atoms with Gasteiger partial charge >= 0.3 is 0 Å². The molecule has 0 N–H and O–H groups in total. The lowest BCUT2D eigenvalue weighted by atomic mass is 10.3. The van der Waals surface area contributed by atoms with Gasteiger partial charge in [0.2, 0.25) is 0 Å². The van der Waals surface area contributed by atoms with Gasteiger partial charge in [-0.25, -0.2) is 9.97 Å². The molecule has 0 radical (unpaired) electrons. The van der Waals surface area contributed by atoms with Crippen molar-refractivity contribution in [3.05, 3.63) is 47.4 Å². The molecule has 5 nitrogen and oxygen atoms in total.